The van der Waals surface area contributed by atoms with Crippen molar-refractivity contribution < 1.29 is 4.79 Å². The fourth-order valence-electron chi connectivity index (χ4n) is 1.41. The van der Waals surface area contributed by atoms with Crippen molar-refractivity contribution in [3.05, 3.63) is 30.4 Å². The fourth-order valence-corrected chi connectivity index (χ4v) is 1.41. The molecule has 0 aliphatic rings. The van der Waals surface area contributed by atoms with E-state index in [0.717, 1.165) is 0 Å². The predicted octanol–water partition coefficient (Wildman–Crippen LogP) is 0.196. The molecule has 2 aromatic heterocycles. The highest BCUT2D eigenvalue weighted by atomic mass is 16.1. The van der Waals surface area contributed by atoms with Crippen LogP contribution in [0.25, 0.3) is 5.52 Å². The standard InChI is InChI=1S/C11H15N5O/c1-11(2,12)7-14-10(17)8-5-15-16-4-3-13-6-9(8)16/h3-6H,7,12H2,1-2H3,(H,14,17). The molecule has 0 unspecified atom stereocenters. The molecule has 2 heterocycles. The van der Waals surface area contributed by atoms with Gasteiger partial charge in [-0.3, -0.25) is 9.78 Å². The molecule has 0 aliphatic heterocycles. The predicted molar refractivity (Wildman–Crippen MR) is 63.6 cm³/mol. The van der Waals surface area contributed by atoms with Crippen LogP contribution in [-0.2, 0) is 0 Å². The number of amides is 1. The molecule has 0 bridgehead atoms. The smallest absolute Gasteiger partial charge is 0.255 e. The van der Waals surface area contributed by atoms with Crippen LogP contribution in [0.4, 0.5) is 0 Å². The van der Waals surface area contributed by atoms with E-state index in [4.69, 9.17) is 5.73 Å². The lowest BCUT2D eigenvalue weighted by Gasteiger charge is -2.18. The molecule has 0 fully saturated rings. The highest BCUT2D eigenvalue weighted by Gasteiger charge is 2.16. The van der Waals surface area contributed by atoms with Crippen LogP contribution in [0.2, 0.25) is 0 Å². The summed E-state index contributed by atoms with van der Waals surface area (Å²) in [5, 5.41) is 6.84. The summed E-state index contributed by atoms with van der Waals surface area (Å²) in [7, 11) is 0. The Balaban J connectivity index is 2.20. The Hall–Kier alpha value is -1.95. The number of aromatic nitrogens is 3. The second kappa shape index (κ2) is 4.14. The van der Waals surface area contributed by atoms with Gasteiger partial charge in [0.25, 0.3) is 5.91 Å². The SMILES string of the molecule is CC(C)(N)CNC(=O)c1cnn2ccncc12. The Labute approximate surface area is 98.8 Å². The van der Waals surface area contributed by atoms with Gasteiger partial charge in [0.15, 0.2) is 0 Å². The first-order valence-electron chi connectivity index (χ1n) is 5.32. The van der Waals surface area contributed by atoms with E-state index in [1.54, 1.807) is 23.1 Å². The number of rotatable bonds is 3. The molecule has 90 valence electrons. The van der Waals surface area contributed by atoms with E-state index in [1.165, 1.54) is 6.20 Å². The van der Waals surface area contributed by atoms with E-state index < -0.39 is 5.54 Å². The molecule has 17 heavy (non-hydrogen) atoms. The van der Waals surface area contributed by atoms with Crippen LogP contribution >= 0.6 is 0 Å². The van der Waals surface area contributed by atoms with E-state index in [0.29, 0.717) is 17.6 Å². The zero-order valence-electron chi connectivity index (χ0n) is 9.84. The topological polar surface area (TPSA) is 85.3 Å². The third-order valence-corrected chi connectivity index (χ3v) is 2.27. The number of nitrogens with zero attached hydrogens (tertiary/aromatic N) is 3. The number of nitrogens with one attached hydrogen (secondary N) is 1. The van der Waals surface area contributed by atoms with Gasteiger partial charge >= 0.3 is 0 Å². The highest BCUT2D eigenvalue weighted by Crippen LogP contribution is 2.08. The second-order valence-corrected chi connectivity index (χ2v) is 4.64. The Bertz CT molecular complexity index is 540. The van der Waals surface area contributed by atoms with Gasteiger partial charge in [-0.1, -0.05) is 0 Å². The van der Waals surface area contributed by atoms with Gasteiger partial charge in [0.2, 0.25) is 0 Å². The van der Waals surface area contributed by atoms with E-state index in [1.807, 2.05) is 13.8 Å². The average Bonchev–Trinajstić information content (AvgIpc) is 2.68. The molecule has 3 N–H and O–H groups in total. The Morgan fingerprint density at radius 1 is 1.53 bits per heavy atom. The van der Waals surface area contributed by atoms with Crippen molar-refractivity contribution in [2.75, 3.05) is 6.54 Å². The fraction of sp³-hybridized carbons (Fsp3) is 0.364. The van der Waals surface area contributed by atoms with E-state index in [-0.39, 0.29) is 5.91 Å². The molecule has 0 spiro atoms. The lowest BCUT2D eigenvalue weighted by atomic mass is 10.1. The summed E-state index contributed by atoms with van der Waals surface area (Å²) in [5.41, 5.74) is 6.55. The quantitative estimate of drug-likeness (QED) is 0.792. The summed E-state index contributed by atoms with van der Waals surface area (Å²) in [4.78, 5) is 15.9. The van der Waals surface area contributed by atoms with Crippen molar-refractivity contribution in [3.63, 3.8) is 0 Å². The van der Waals surface area contributed by atoms with Gasteiger partial charge < -0.3 is 11.1 Å². The molecule has 6 heteroatoms. The first-order valence-corrected chi connectivity index (χ1v) is 5.32. The van der Waals surface area contributed by atoms with Gasteiger partial charge in [-0.05, 0) is 13.8 Å². The van der Waals surface area contributed by atoms with Gasteiger partial charge in [0.05, 0.1) is 23.5 Å². The minimum Gasteiger partial charge on any atom is -0.350 e. The lowest BCUT2D eigenvalue weighted by molar-refractivity contribution is 0.0947. The second-order valence-electron chi connectivity index (χ2n) is 4.64. The molecule has 0 saturated carbocycles. The number of hydrogen-bond donors (Lipinski definition) is 2. The number of carbonyl (C=O) groups excluding carboxylic acids is 1. The zero-order chi connectivity index (χ0) is 12.5. The largest absolute Gasteiger partial charge is 0.350 e. The van der Waals surface area contributed by atoms with E-state index in [2.05, 4.69) is 15.4 Å². The van der Waals surface area contributed by atoms with Gasteiger partial charge in [-0.2, -0.15) is 5.10 Å². The summed E-state index contributed by atoms with van der Waals surface area (Å²) in [6.45, 7) is 4.11. The van der Waals surface area contributed by atoms with Crippen LogP contribution in [-0.4, -0.2) is 32.6 Å². The van der Waals surface area contributed by atoms with Crippen LogP contribution in [0.5, 0.6) is 0 Å². The molecule has 6 nitrogen and oxygen atoms in total. The van der Waals surface area contributed by atoms with Crippen LogP contribution in [0.1, 0.15) is 24.2 Å². The first kappa shape index (κ1) is 11.5. The summed E-state index contributed by atoms with van der Waals surface area (Å²) in [5.74, 6) is -0.188. The van der Waals surface area contributed by atoms with Crippen LogP contribution in [0.15, 0.2) is 24.8 Å². The molecule has 1 amide bonds. The molecule has 2 aromatic rings. The summed E-state index contributed by atoms with van der Waals surface area (Å²) in [6.07, 6.45) is 6.44. The summed E-state index contributed by atoms with van der Waals surface area (Å²) >= 11 is 0. The molecular formula is C11H15N5O. The molecular weight excluding hydrogens is 218 g/mol. The van der Waals surface area contributed by atoms with Gasteiger partial charge in [-0.25, -0.2) is 4.52 Å². The van der Waals surface area contributed by atoms with Crippen molar-refractivity contribution in [1.82, 2.24) is 19.9 Å². The molecule has 2 rings (SSSR count). The highest BCUT2D eigenvalue weighted by molar-refractivity contribution is 6.00. The monoisotopic (exact) mass is 233 g/mol. The van der Waals surface area contributed by atoms with Gasteiger partial charge in [-0.15, -0.1) is 0 Å². The molecule has 0 atom stereocenters. The van der Waals surface area contributed by atoms with Gasteiger partial charge in [0.1, 0.15) is 0 Å². The van der Waals surface area contributed by atoms with Crippen molar-refractivity contribution in [3.8, 4) is 0 Å². The van der Waals surface area contributed by atoms with Gasteiger partial charge in [0, 0.05) is 24.5 Å². The third kappa shape index (κ3) is 2.59. The maximum absolute atomic E-state index is 11.9. The number of hydrogen-bond acceptors (Lipinski definition) is 4. The molecule has 0 saturated heterocycles. The van der Waals surface area contributed by atoms with Crippen LogP contribution in [0, 0.1) is 0 Å². The van der Waals surface area contributed by atoms with Crippen molar-refractivity contribution in [2.45, 2.75) is 19.4 Å². The van der Waals surface area contributed by atoms with Crippen molar-refractivity contribution >= 4 is 11.4 Å². The van der Waals surface area contributed by atoms with Crippen molar-refractivity contribution in [2.24, 2.45) is 5.73 Å². The summed E-state index contributed by atoms with van der Waals surface area (Å²) in [6, 6.07) is 0. The lowest BCUT2D eigenvalue weighted by Crippen LogP contribution is -2.45. The maximum Gasteiger partial charge on any atom is 0.255 e. The number of nitrogens with two attached hydrogens (primary N) is 1. The van der Waals surface area contributed by atoms with Crippen LogP contribution < -0.4 is 11.1 Å². The average molecular weight is 233 g/mol. The first-order chi connectivity index (χ1) is 7.97. The molecule has 0 aliphatic carbocycles. The minimum atomic E-state index is -0.434. The Morgan fingerprint density at radius 3 is 3.00 bits per heavy atom. The maximum atomic E-state index is 11.9. The van der Waals surface area contributed by atoms with E-state index >= 15 is 0 Å². The van der Waals surface area contributed by atoms with Crippen molar-refractivity contribution in [1.29, 1.82) is 0 Å². The summed E-state index contributed by atoms with van der Waals surface area (Å²) < 4.78 is 1.61. The van der Waals surface area contributed by atoms with E-state index in [9.17, 15) is 4.79 Å². The normalized spacial score (nSPS) is 11.7. The third-order valence-electron chi connectivity index (χ3n) is 2.27. The van der Waals surface area contributed by atoms with Crippen LogP contribution in [0.3, 0.4) is 0 Å². The molecule has 0 aromatic carbocycles. The molecule has 0 radical (unpaired) electrons. The Morgan fingerprint density at radius 2 is 2.29 bits per heavy atom. The number of fused-ring (bicyclic) bond motifs is 1. The Kier molecular flexibility index (Phi) is 2.81. The minimum absolute atomic E-state index is 0.188. The zero-order valence-corrected chi connectivity index (χ0v) is 9.84. The number of carbonyl (C=O) groups is 1.